The smallest absolute Gasteiger partial charge is 0.226 e. The number of carbonyl (C=O) groups is 1. The molecular formula is C24H28FN3O2. The van der Waals surface area contributed by atoms with Crippen LogP contribution in [0.1, 0.15) is 38.4 Å². The molecule has 0 aliphatic carbocycles. The number of hydrogen-bond donors (Lipinski definition) is 1. The van der Waals surface area contributed by atoms with Crippen molar-refractivity contribution in [3.63, 3.8) is 0 Å². The minimum atomic E-state index is -0.324. The monoisotopic (exact) mass is 409 g/mol. The SMILES string of the molecule is CCc1nn(-c2ccccc2)c(Oc2ccc(F)cc2)c1CCC(=O)NCC(C)C. The molecule has 0 fully saturated rings. The first kappa shape index (κ1) is 21.6. The van der Waals surface area contributed by atoms with Crippen LogP contribution < -0.4 is 10.1 Å². The fourth-order valence-corrected chi connectivity index (χ4v) is 3.12. The maximum absolute atomic E-state index is 13.3. The molecule has 1 N–H and O–H groups in total. The molecule has 0 radical (unpaired) electrons. The number of amides is 1. The molecular weight excluding hydrogens is 381 g/mol. The molecule has 1 amide bonds. The Kier molecular flexibility index (Phi) is 7.22. The van der Waals surface area contributed by atoms with Gasteiger partial charge < -0.3 is 10.1 Å². The normalized spacial score (nSPS) is 11.0. The molecule has 5 nitrogen and oxygen atoms in total. The number of aryl methyl sites for hydroxylation is 1. The van der Waals surface area contributed by atoms with E-state index in [0.29, 0.717) is 43.4 Å². The number of nitrogens with zero attached hydrogens (tertiary/aromatic N) is 2. The van der Waals surface area contributed by atoms with Crippen molar-refractivity contribution in [3.05, 3.63) is 71.7 Å². The average Bonchev–Trinajstić information content (AvgIpc) is 3.10. The molecule has 1 heterocycles. The van der Waals surface area contributed by atoms with Gasteiger partial charge in [-0.15, -0.1) is 0 Å². The van der Waals surface area contributed by atoms with E-state index in [1.807, 2.05) is 37.3 Å². The molecule has 0 bridgehead atoms. The van der Waals surface area contributed by atoms with E-state index >= 15 is 0 Å². The summed E-state index contributed by atoms with van der Waals surface area (Å²) >= 11 is 0. The van der Waals surface area contributed by atoms with Crippen molar-refractivity contribution in [2.75, 3.05) is 6.54 Å². The first-order valence-corrected chi connectivity index (χ1v) is 10.3. The topological polar surface area (TPSA) is 56.2 Å². The third kappa shape index (κ3) is 5.47. The molecule has 0 unspecified atom stereocenters. The molecule has 2 aromatic carbocycles. The molecule has 1 aromatic heterocycles. The Balaban J connectivity index is 1.93. The summed E-state index contributed by atoms with van der Waals surface area (Å²) < 4.78 is 21.2. The summed E-state index contributed by atoms with van der Waals surface area (Å²) in [4.78, 5) is 12.3. The molecule has 0 aliphatic rings. The van der Waals surface area contributed by atoms with Gasteiger partial charge in [-0.25, -0.2) is 9.07 Å². The van der Waals surface area contributed by atoms with Gasteiger partial charge in [-0.2, -0.15) is 5.10 Å². The summed E-state index contributed by atoms with van der Waals surface area (Å²) in [6.45, 7) is 6.81. The van der Waals surface area contributed by atoms with E-state index in [2.05, 4.69) is 19.2 Å². The minimum Gasteiger partial charge on any atom is -0.439 e. The van der Waals surface area contributed by atoms with E-state index in [4.69, 9.17) is 9.84 Å². The van der Waals surface area contributed by atoms with Crippen LogP contribution in [0.3, 0.4) is 0 Å². The first-order chi connectivity index (χ1) is 14.5. The number of rotatable bonds is 9. The fraction of sp³-hybridized carbons (Fsp3) is 0.333. The van der Waals surface area contributed by atoms with Crippen LogP contribution in [0.25, 0.3) is 5.69 Å². The van der Waals surface area contributed by atoms with Crippen LogP contribution in [0.5, 0.6) is 11.6 Å². The van der Waals surface area contributed by atoms with Crippen LogP contribution in [0.15, 0.2) is 54.6 Å². The lowest BCUT2D eigenvalue weighted by Gasteiger charge is -2.12. The zero-order valence-corrected chi connectivity index (χ0v) is 17.7. The highest BCUT2D eigenvalue weighted by atomic mass is 19.1. The van der Waals surface area contributed by atoms with Gasteiger partial charge in [0.2, 0.25) is 11.8 Å². The Morgan fingerprint density at radius 3 is 2.47 bits per heavy atom. The van der Waals surface area contributed by atoms with E-state index in [9.17, 15) is 9.18 Å². The quantitative estimate of drug-likeness (QED) is 0.537. The Morgan fingerprint density at radius 1 is 1.13 bits per heavy atom. The lowest BCUT2D eigenvalue weighted by molar-refractivity contribution is -0.121. The second-order valence-electron chi connectivity index (χ2n) is 7.59. The molecule has 0 atom stereocenters. The Bertz CT molecular complexity index is 966. The van der Waals surface area contributed by atoms with Crippen LogP contribution in [0, 0.1) is 11.7 Å². The number of aromatic nitrogens is 2. The lowest BCUT2D eigenvalue weighted by Crippen LogP contribution is -2.27. The van der Waals surface area contributed by atoms with E-state index in [1.54, 1.807) is 16.8 Å². The summed E-state index contributed by atoms with van der Waals surface area (Å²) in [6, 6.07) is 15.6. The summed E-state index contributed by atoms with van der Waals surface area (Å²) in [5, 5.41) is 7.71. The van der Waals surface area contributed by atoms with Gasteiger partial charge in [-0.05, 0) is 55.2 Å². The molecule has 3 rings (SSSR count). The number of hydrogen-bond acceptors (Lipinski definition) is 3. The first-order valence-electron chi connectivity index (χ1n) is 10.3. The van der Waals surface area contributed by atoms with Gasteiger partial charge in [0.25, 0.3) is 0 Å². The summed E-state index contributed by atoms with van der Waals surface area (Å²) in [6.07, 6.45) is 1.57. The van der Waals surface area contributed by atoms with Crippen molar-refractivity contribution in [3.8, 4) is 17.3 Å². The number of nitrogens with one attached hydrogen (secondary N) is 1. The summed E-state index contributed by atoms with van der Waals surface area (Å²) in [5.74, 6) is 1.16. The van der Waals surface area contributed by atoms with Crippen molar-refractivity contribution >= 4 is 5.91 Å². The molecule has 30 heavy (non-hydrogen) atoms. The van der Waals surface area contributed by atoms with Gasteiger partial charge in [0.15, 0.2) is 0 Å². The zero-order chi connectivity index (χ0) is 21.5. The van der Waals surface area contributed by atoms with Crippen molar-refractivity contribution in [2.24, 2.45) is 5.92 Å². The van der Waals surface area contributed by atoms with Crippen molar-refractivity contribution < 1.29 is 13.9 Å². The molecule has 0 saturated heterocycles. The maximum Gasteiger partial charge on any atom is 0.226 e. The van der Waals surface area contributed by atoms with Crippen LogP contribution in [0.2, 0.25) is 0 Å². The molecule has 6 heteroatoms. The standard InChI is InChI=1S/C24H28FN3O2/c1-4-22-21(14-15-23(29)26-16-17(2)3)24(30-20-12-10-18(25)11-13-20)28(27-22)19-8-6-5-7-9-19/h5-13,17H,4,14-16H2,1-3H3,(H,26,29). The number of para-hydroxylation sites is 1. The number of halogens is 1. The van der Waals surface area contributed by atoms with Gasteiger partial charge in [-0.1, -0.05) is 39.0 Å². The van der Waals surface area contributed by atoms with E-state index in [0.717, 1.165) is 16.9 Å². The second kappa shape index (κ2) is 10.1. The highest BCUT2D eigenvalue weighted by molar-refractivity contribution is 5.76. The molecule has 0 aliphatic heterocycles. The number of ether oxygens (including phenoxy) is 1. The molecule has 3 aromatic rings. The van der Waals surface area contributed by atoms with Crippen LogP contribution in [-0.4, -0.2) is 22.2 Å². The largest absolute Gasteiger partial charge is 0.439 e. The third-order valence-electron chi connectivity index (χ3n) is 4.69. The van der Waals surface area contributed by atoms with Gasteiger partial charge in [0.1, 0.15) is 11.6 Å². The Hall–Kier alpha value is -3.15. The Morgan fingerprint density at radius 2 is 1.83 bits per heavy atom. The van der Waals surface area contributed by atoms with E-state index in [1.165, 1.54) is 12.1 Å². The highest BCUT2D eigenvalue weighted by Crippen LogP contribution is 2.32. The molecule has 158 valence electrons. The van der Waals surface area contributed by atoms with Gasteiger partial charge >= 0.3 is 0 Å². The van der Waals surface area contributed by atoms with Gasteiger partial charge in [0, 0.05) is 18.5 Å². The molecule has 0 saturated carbocycles. The van der Waals surface area contributed by atoms with E-state index in [-0.39, 0.29) is 11.7 Å². The lowest BCUT2D eigenvalue weighted by atomic mass is 10.1. The van der Waals surface area contributed by atoms with Gasteiger partial charge in [-0.3, -0.25) is 4.79 Å². The van der Waals surface area contributed by atoms with Crippen molar-refractivity contribution in [1.82, 2.24) is 15.1 Å². The van der Waals surface area contributed by atoms with Gasteiger partial charge in [0.05, 0.1) is 11.4 Å². The highest BCUT2D eigenvalue weighted by Gasteiger charge is 2.21. The van der Waals surface area contributed by atoms with Crippen LogP contribution in [-0.2, 0) is 17.6 Å². The minimum absolute atomic E-state index is 0.00551. The predicted molar refractivity (Wildman–Crippen MR) is 116 cm³/mol. The summed E-state index contributed by atoms with van der Waals surface area (Å²) in [7, 11) is 0. The maximum atomic E-state index is 13.3. The van der Waals surface area contributed by atoms with Crippen molar-refractivity contribution in [2.45, 2.75) is 40.0 Å². The third-order valence-corrected chi connectivity index (χ3v) is 4.69. The summed E-state index contributed by atoms with van der Waals surface area (Å²) in [5.41, 5.74) is 2.64. The predicted octanol–water partition coefficient (Wildman–Crippen LogP) is 5.07. The number of benzene rings is 2. The average molecular weight is 410 g/mol. The molecule has 0 spiro atoms. The Labute approximate surface area is 176 Å². The van der Waals surface area contributed by atoms with E-state index < -0.39 is 0 Å². The fourth-order valence-electron chi connectivity index (χ4n) is 3.12. The van der Waals surface area contributed by atoms with Crippen molar-refractivity contribution in [1.29, 1.82) is 0 Å². The van der Waals surface area contributed by atoms with Crippen LogP contribution >= 0.6 is 0 Å². The van der Waals surface area contributed by atoms with Crippen LogP contribution in [0.4, 0.5) is 4.39 Å². The second-order valence-corrected chi connectivity index (χ2v) is 7.59. The number of carbonyl (C=O) groups excluding carboxylic acids is 1. The zero-order valence-electron chi connectivity index (χ0n) is 17.7.